The molecule has 1 spiro atoms. The number of hydrogen-bond donors (Lipinski definition) is 1. The number of carbonyl (C=O) groups is 2. The number of amides is 2. The van der Waals surface area contributed by atoms with E-state index in [0.717, 1.165) is 11.3 Å². The number of carbonyl (C=O) groups excluding carboxylic acids is 2. The van der Waals surface area contributed by atoms with Gasteiger partial charge in [-0.15, -0.1) is 0 Å². The molecule has 0 unspecified atom stereocenters. The molecule has 2 aliphatic heterocycles. The fraction of sp³-hybridized carbons (Fsp3) is 0.556. The van der Waals surface area contributed by atoms with E-state index in [4.69, 9.17) is 9.47 Å². The van der Waals surface area contributed by atoms with Crippen molar-refractivity contribution in [2.45, 2.75) is 44.6 Å². The first-order chi connectivity index (χ1) is 11.2. The third kappa shape index (κ3) is 2.86. The Morgan fingerprint density at radius 2 is 1.96 bits per heavy atom. The van der Waals surface area contributed by atoms with Gasteiger partial charge < -0.3 is 14.4 Å². The molecule has 0 radical (unpaired) electrons. The first-order valence-electron chi connectivity index (χ1n) is 8.23. The van der Waals surface area contributed by atoms with Crippen LogP contribution in [-0.4, -0.2) is 37.9 Å². The van der Waals surface area contributed by atoms with Gasteiger partial charge in [0, 0.05) is 31.6 Å². The molecule has 6 heteroatoms. The molecule has 0 bridgehead atoms. The minimum Gasteiger partial charge on any atom is -0.444 e. The van der Waals surface area contributed by atoms with Crippen molar-refractivity contribution in [1.82, 2.24) is 0 Å². The maximum absolute atomic E-state index is 12.8. The maximum atomic E-state index is 12.8. The molecule has 2 amide bonds. The Morgan fingerprint density at radius 3 is 2.58 bits per heavy atom. The third-order valence-electron chi connectivity index (χ3n) is 4.58. The number of likely N-dealkylation sites (N-methyl/N-ethyl adjacent to an activating group) is 1. The van der Waals surface area contributed by atoms with Crippen LogP contribution < -0.4 is 10.2 Å². The molecule has 2 heterocycles. The molecule has 1 aromatic rings. The Hall–Kier alpha value is -2.08. The van der Waals surface area contributed by atoms with Crippen molar-refractivity contribution in [3.05, 3.63) is 23.8 Å². The summed E-state index contributed by atoms with van der Waals surface area (Å²) in [6.45, 7) is 6.60. The molecule has 0 saturated carbocycles. The van der Waals surface area contributed by atoms with E-state index < -0.39 is 17.1 Å². The Bertz CT molecular complexity index is 672. The van der Waals surface area contributed by atoms with E-state index in [1.54, 1.807) is 18.0 Å². The topological polar surface area (TPSA) is 67.9 Å². The largest absolute Gasteiger partial charge is 0.444 e. The summed E-state index contributed by atoms with van der Waals surface area (Å²) >= 11 is 0. The normalized spacial score (nSPS) is 19.3. The highest BCUT2D eigenvalue weighted by Crippen LogP contribution is 2.47. The molecule has 2 aliphatic rings. The van der Waals surface area contributed by atoms with Crippen LogP contribution in [0.25, 0.3) is 0 Å². The number of fused-ring (bicyclic) bond motifs is 2. The SMILES string of the molecule is CN1C(=O)C2(CCOCC2)c2cc(NC(=O)OC(C)(C)C)ccc21. The molecule has 1 aromatic carbocycles. The predicted molar refractivity (Wildman–Crippen MR) is 91.4 cm³/mol. The van der Waals surface area contributed by atoms with Gasteiger partial charge in [0.15, 0.2) is 0 Å². The van der Waals surface area contributed by atoms with Crippen molar-refractivity contribution >= 4 is 23.4 Å². The number of anilines is 2. The van der Waals surface area contributed by atoms with E-state index in [0.29, 0.717) is 31.7 Å². The lowest BCUT2D eigenvalue weighted by atomic mass is 9.75. The molecular weight excluding hydrogens is 308 g/mol. The van der Waals surface area contributed by atoms with Gasteiger partial charge in [-0.05, 0) is 57.4 Å². The lowest BCUT2D eigenvalue weighted by Gasteiger charge is -2.32. The predicted octanol–water partition coefficient (Wildman–Crippen LogP) is 3.06. The molecule has 3 rings (SSSR count). The summed E-state index contributed by atoms with van der Waals surface area (Å²) in [7, 11) is 1.80. The van der Waals surface area contributed by atoms with Crippen LogP contribution in [0.5, 0.6) is 0 Å². The molecule has 1 saturated heterocycles. The Balaban J connectivity index is 1.90. The van der Waals surface area contributed by atoms with E-state index in [1.165, 1.54) is 0 Å². The number of benzene rings is 1. The van der Waals surface area contributed by atoms with Gasteiger partial charge in [-0.3, -0.25) is 10.1 Å². The maximum Gasteiger partial charge on any atom is 0.412 e. The average Bonchev–Trinajstić information content (AvgIpc) is 2.69. The Labute approximate surface area is 142 Å². The zero-order chi connectivity index (χ0) is 17.5. The molecule has 24 heavy (non-hydrogen) atoms. The summed E-state index contributed by atoms with van der Waals surface area (Å²) in [6, 6.07) is 5.57. The van der Waals surface area contributed by atoms with Crippen molar-refractivity contribution in [2.24, 2.45) is 0 Å². The van der Waals surface area contributed by atoms with Crippen LogP contribution in [0.2, 0.25) is 0 Å². The smallest absolute Gasteiger partial charge is 0.412 e. The van der Waals surface area contributed by atoms with Crippen LogP contribution in [0.3, 0.4) is 0 Å². The van der Waals surface area contributed by atoms with Crippen LogP contribution in [-0.2, 0) is 19.7 Å². The van der Waals surface area contributed by atoms with Crippen molar-refractivity contribution in [1.29, 1.82) is 0 Å². The van der Waals surface area contributed by atoms with Crippen LogP contribution in [0, 0.1) is 0 Å². The van der Waals surface area contributed by atoms with Crippen LogP contribution in [0.15, 0.2) is 18.2 Å². The third-order valence-corrected chi connectivity index (χ3v) is 4.58. The van der Waals surface area contributed by atoms with E-state index >= 15 is 0 Å². The Kier molecular flexibility index (Phi) is 4.03. The van der Waals surface area contributed by atoms with Crippen molar-refractivity contribution in [2.75, 3.05) is 30.5 Å². The van der Waals surface area contributed by atoms with Gasteiger partial charge in [-0.1, -0.05) is 0 Å². The standard InChI is InChI=1S/C18H24N2O4/c1-17(2,3)24-16(22)19-12-5-6-14-13(11-12)18(15(21)20(14)4)7-9-23-10-8-18/h5-6,11H,7-10H2,1-4H3,(H,19,22). The first-order valence-corrected chi connectivity index (χ1v) is 8.23. The molecule has 6 nitrogen and oxygen atoms in total. The number of nitrogens with one attached hydrogen (secondary N) is 1. The van der Waals surface area contributed by atoms with Gasteiger partial charge in [0.05, 0.1) is 5.41 Å². The molecule has 1 N–H and O–H groups in total. The van der Waals surface area contributed by atoms with E-state index in [-0.39, 0.29) is 5.91 Å². The first kappa shape index (κ1) is 16.8. The molecular formula is C18H24N2O4. The lowest BCUT2D eigenvalue weighted by molar-refractivity contribution is -0.126. The number of ether oxygens (including phenoxy) is 2. The molecule has 0 aliphatic carbocycles. The summed E-state index contributed by atoms with van der Waals surface area (Å²) in [5.41, 5.74) is 1.41. The van der Waals surface area contributed by atoms with Gasteiger partial charge in [-0.25, -0.2) is 4.79 Å². The van der Waals surface area contributed by atoms with Crippen LogP contribution in [0.4, 0.5) is 16.2 Å². The summed E-state index contributed by atoms with van der Waals surface area (Å²) in [5.74, 6) is 0.107. The van der Waals surface area contributed by atoms with E-state index in [2.05, 4.69) is 5.32 Å². The van der Waals surface area contributed by atoms with Crippen molar-refractivity contribution < 1.29 is 19.1 Å². The van der Waals surface area contributed by atoms with Gasteiger partial charge in [0.2, 0.25) is 5.91 Å². The zero-order valence-electron chi connectivity index (χ0n) is 14.6. The fourth-order valence-electron chi connectivity index (χ4n) is 3.46. The van der Waals surface area contributed by atoms with E-state index in [9.17, 15) is 9.59 Å². The molecule has 0 atom stereocenters. The van der Waals surface area contributed by atoms with Gasteiger partial charge in [-0.2, -0.15) is 0 Å². The van der Waals surface area contributed by atoms with Crippen LogP contribution >= 0.6 is 0 Å². The minimum absolute atomic E-state index is 0.107. The number of rotatable bonds is 1. The van der Waals surface area contributed by atoms with Gasteiger partial charge in [0.1, 0.15) is 5.60 Å². The zero-order valence-corrected chi connectivity index (χ0v) is 14.6. The highest BCUT2D eigenvalue weighted by atomic mass is 16.6. The van der Waals surface area contributed by atoms with Crippen molar-refractivity contribution in [3.63, 3.8) is 0 Å². The molecule has 1 fully saturated rings. The van der Waals surface area contributed by atoms with E-state index in [1.807, 2.05) is 32.9 Å². The van der Waals surface area contributed by atoms with Crippen molar-refractivity contribution in [3.8, 4) is 0 Å². The minimum atomic E-state index is -0.557. The average molecular weight is 332 g/mol. The second-order valence-electron chi connectivity index (χ2n) is 7.42. The second-order valence-corrected chi connectivity index (χ2v) is 7.42. The number of nitrogens with zero attached hydrogens (tertiary/aromatic N) is 1. The van der Waals surface area contributed by atoms with Crippen LogP contribution in [0.1, 0.15) is 39.2 Å². The van der Waals surface area contributed by atoms with Gasteiger partial charge in [0.25, 0.3) is 0 Å². The molecule has 0 aromatic heterocycles. The summed E-state index contributed by atoms with van der Waals surface area (Å²) in [6.07, 6.45) is 0.833. The fourth-order valence-corrected chi connectivity index (χ4v) is 3.46. The van der Waals surface area contributed by atoms with Gasteiger partial charge >= 0.3 is 6.09 Å². The monoisotopic (exact) mass is 332 g/mol. The summed E-state index contributed by atoms with van der Waals surface area (Å²) < 4.78 is 10.7. The molecule has 130 valence electrons. The lowest BCUT2D eigenvalue weighted by Crippen LogP contribution is -2.42. The summed E-state index contributed by atoms with van der Waals surface area (Å²) in [5, 5.41) is 2.76. The quantitative estimate of drug-likeness (QED) is 0.858. The number of hydrogen-bond acceptors (Lipinski definition) is 4. The highest BCUT2D eigenvalue weighted by Gasteiger charge is 2.50. The highest BCUT2D eigenvalue weighted by molar-refractivity contribution is 6.08. The summed E-state index contributed by atoms with van der Waals surface area (Å²) in [4.78, 5) is 26.5. The Morgan fingerprint density at radius 1 is 1.29 bits per heavy atom. The second kappa shape index (κ2) is 5.77.